The highest BCUT2D eigenvalue weighted by atomic mass is 16.5. The molecule has 0 spiro atoms. The molecule has 118 valence electrons. The quantitative estimate of drug-likeness (QED) is 0.778. The number of nitrogens with zero attached hydrogens (tertiary/aromatic N) is 1. The van der Waals surface area contributed by atoms with Crippen molar-refractivity contribution in [3.63, 3.8) is 0 Å². The molecule has 0 unspecified atom stereocenters. The summed E-state index contributed by atoms with van der Waals surface area (Å²) in [4.78, 5) is 17.5. The van der Waals surface area contributed by atoms with E-state index in [9.17, 15) is 4.79 Å². The van der Waals surface area contributed by atoms with Crippen LogP contribution in [0.4, 0.5) is 0 Å². The molecule has 0 fully saturated rings. The zero-order valence-electron chi connectivity index (χ0n) is 13.4. The van der Waals surface area contributed by atoms with Crippen LogP contribution in [0.1, 0.15) is 22.8 Å². The lowest BCUT2D eigenvalue weighted by molar-refractivity contribution is 0.0787. The van der Waals surface area contributed by atoms with Crippen LogP contribution in [0.3, 0.4) is 0 Å². The number of fused-ring (bicyclic) bond motifs is 1. The summed E-state index contributed by atoms with van der Waals surface area (Å²) in [6.07, 6.45) is 1.78. The summed E-state index contributed by atoms with van der Waals surface area (Å²) < 4.78 is 5.44. The van der Waals surface area contributed by atoms with Crippen molar-refractivity contribution in [1.29, 1.82) is 0 Å². The number of hydrogen-bond acceptors (Lipinski definition) is 2. The van der Waals surface area contributed by atoms with E-state index in [1.165, 1.54) is 0 Å². The maximum Gasteiger partial charge on any atom is 0.256 e. The predicted octanol–water partition coefficient (Wildman–Crippen LogP) is 3.84. The average molecular weight is 308 g/mol. The van der Waals surface area contributed by atoms with E-state index >= 15 is 0 Å². The van der Waals surface area contributed by atoms with Gasteiger partial charge in [-0.05, 0) is 30.7 Å². The fourth-order valence-electron chi connectivity index (χ4n) is 2.66. The number of hydrogen-bond donors (Lipinski definition) is 1. The lowest BCUT2D eigenvalue weighted by Crippen LogP contribution is -2.25. The van der Waals surface area contributed by atoms with Crippen LogP contribution in [0, 0.1) is 0 Å². The lowest BCUT2D eigenvalue weighted by atomic mass is 10.1. The van der Waals surface area contributed by atoms with Crippen molar-refractivity contribution >= 4 is 16.8 Å². The molecule has 3 aromatic rings. The Hall–Kier alpha value is -2.75. The normalized spacial score (nSPS) is 10.7. The number of benzene rings is 2. The van der Waals surface area contributed by atoms with Crippen molar-refractivity contribution in [3.8, 4) is 5.75 Å². The molecule has 1 aromatic heterocycles. The number of amides is 1. The molecule has 1 amide bonds. The zero-order valence-corrected chi connectivity index (χ0v) is 13.4. The van der Waals surface area contributed by atoms with Gasteiger partial charge >= 0.3 is 0 Å². The third-order valence-electron chi connectivity index (χ3n) is 3.82. The van der Waals surface area contributed by atoms with Crippen LogP contribution in [0.15, 0.2) is 54.7 Å². The van der Waals surface area contributed by atoms with Gasteiger partial charge in [0, 0.05) is 30.7 Å². The van der Waals surface area contributed by atoms with Gasteiger partial charge in [0.2, 0.25) is 0 Å². The Kier molecular flexibility index (Phi) is 4.33. The Morgan fingerprint density at radius 1 is 1.13 bits per heavy atom. The van der Waals surface area contributed by atoms with Crippen LogP contribution in [0.5, 0.6) is 5.75 Å². The van der Waals surface area contributed by atoms with E-state index in [1.807, 2.05) is 62.5 Å². The van der Waals surface area contributed by atoms with Gasteiger partial charge in [-0.15, -0.1) is 0 Å². The fraction of sp³-hybridized carbons (Fsp3) is 0.211. The predicted molar refractivity (Wildman–Crippen MR) is 91.7 cm³/mol. The lowest BCUT2D eigenvalue weighted by Gasteiger charge is -2.17. The molecular weight excluding hydrogens is 288 g/mol. The molecule has 0 saturated heterocycles. The fourth-order valence-corrected chi connectivity index (χ4v) is 2.66. The van der Waals surface area contributed by atoms with Crippen LogP contribution in [-0.2, 0) is 6.54 Å². The summed E-state index contributed by atoms with van der Waals surface area (Å²) >= 11 is 0. The Labute approximate surface area is 135 Å². The highest BCUT2D eigenvalue weighted by molar-refractivity contribution is 6.06. The second kappa shape index (κ2) is 6.57. The van der Waals surface area contributed by atoms with E-state index in [4.69, 9.17) is 4.74 Å². The second-order valence-corrected chi connectivity index (χ2v) is 5.49. The first-order chi connectivity index (χ1) is 11.2. The molecule has 3 rings (SSSR count). The number of rotatable bonds is 5. The van der Waals surface area contributed by atoms with Gasteiger partial charge in [0.05, 0.1) is 12.2 Å². The third-order valence-corrected chi connectivity index (χ3v) is 3.82. The highest BCUT2D eigenvalue weighted by Crippen LogP contribution is 2.20. The first-order valence-electron chi connectivity index (χ1n) is 7.72. The number of ether oxygens (including phenoxy) is 1. The van der Waals surface area contributed by atoms with Crippen LogP contribution in [0.25, 0.3) is 10.9 Å². The second-order valence-electron chi connectivity index (χ2n) is 5.49. The molecule has 1 heterocycles. The van der Waals surface area contributed by atoms with E-state index in [0.29, 0.717) is 18.7 Å². The molecule has 0 aliphatic carbocycles. The first kappa shape index (κ1) is 15.2. The van der Waals surface area contributed by atoms with E-state index in [1.54, 1.807) is 11.1 Å². The first-order valence-corrected chi connectivity index (χ1v) is 7.72. The van der Waals surface area contributed by atoms with Crippen LogP contribution in [0.2, 0.25) is 0 Å². The number of aromatic nitrogens is 1. The average Bonchev–Trinajstić information content (AvgIpc) is 3.00. The number of nitrogens with one attached hydrogen (secondary N) is 1. The largest absolute Gasteiger partial charge is 0.494 e. The highest BCUT2D eigenvalue weighted by Gasteiger charge is 2.16. The van der Waals surface area contributed by atoms with Crippen molar-refractivity contribution < 1.29 is 9.53 Å². The molecule has 4 nitrogen and oxygen atoms in total. The molecule has 0 aliphatic rings. The van der Waals surface area contributed by atoms with Crippen molar-refractivity contribution in [1.82, 2.24) is 9.88 Å². The van der Waals surface area contributed by atoms with Gasteiger partial charge in [-0.3, -0.25) is 4.79 Å². The molecule has 1 N–H and O–H groups in total. The summed E-state index contributed by atoms with van der Waals surface area (Å²) in [6.45, 7) is 3.17. The topological polar surface area (TPSA) is 45.3 Å². The molecular formula is C19H20N2O2. The van der Waals surface area contributed by atoms with Crippen molar-refractivity contribution in [2.45, 2.75) is 13.5 Å². The summed E-state index contributed by atoms with van der Waals surface area (Å²) in [5.41, 5.74) is 2.75. The number of para-hydroxylation sites is 1. The monoisotopic (exact) mass is 308 g/mol. The van der Waals surface area contributed by atoms with E-state index in [-0.39, 0.29) is 5.91 Å². The molecule has 23 heavy (non-hydrogen) atoms. The minimum absolute atomic E-state index is 0.0105. The summed E-state index contributed by atoms with van der Waals surface area (Å²) in [7, 11) is 1.82. The van der Waals surface area contributed by atoms with Crippen LogP contribution >= 0.6 is 0 Å². The molecule has 4 heteroatoms. The van der Waals surface area contributed by atoms with Crippen molar-refractivity contribution in [2.75, 3.05) is 13.7 Å². The Bertz CT molecular complexity index is 806. The molecule has 0 bridgehead atoms. The molecule has 2 aromatic carbocycles. The minimum Gasteiger partial charge on any atom is -0.494 e. The van der Waals surface area contributed by atoms with Gasteiger partial charge in [-0.2, -0.15) is 0 Å². The van der Waals surface area contributed by atoms with Gasteiger partial charge in [0.25, 0.3) is 5.91 Å². The van der Waals surface area contributed by atoms with Gasteiger partial charge in [0.15, 0.2) is 0 Å². The Balaban J connectivity index is 1.74. The van der Waals surface area contributed by atoms with Gasteiger partial charge in [0.1, 0.15) is 5.75 Å². The molecule has 0 radical (unpaired) electrons. The van der Waals surface area contributed by atoms with Crippen molar-refractivity contribution in [2.24, 2.45) is 0 Å². The number of aromatic amines is 1. The van der Waals surface area contributed by atoms with Gasteiger partial charge < -0.3 is 14.6 Å². The Morgan fingerprint density at radius 2 is 1.87 bits per heavy atom. The SMILES string of the molecule is CCOc1ccc(CN(C)C(=O)c2c[nH]c3ccccc23)cc1. The Morgan fingerprint density at radius 3 is 2.61 bits per heavy atom. The number of carbonyl (C=O) groups excluding carboxylic acids is 1. The molecule has 0 atom stereocenters. The molecule has 0 aliphatic heterocycles. The van der Waals surface area contributed by atoms with Crippen LogP contribution < -0.4 is 4.74 Å². The standard InChI is InChI=1S/C19H20N2O2/c1-3-23-15-10-8-14(9-11-15)13-21(2)19(22)17-12-20-18-7-5-4-6-16(17)18/h4-12,20H,3,13H2,1-2H3. The summed E-state index contributed by atoms with van der Waals surface area (Å²) in [6, 6.07) is 15.7. The van der Waals surface area contributed by atoms with Gasteiger partial charge in [-0.25, -0.2) is 0 Å². The zero-order chi connectivity index (χ0) is 16.2. The van der Waals surface area contributed by atoms with Crippen LogP contribution in [-0.4, -0.2) is 29.4 Å². The third kappa shape index (κ3) is 3.21. The summed E-state index contributed by atoms with van der Waals surface area (Å²) in [5, 5.41) is 0.955. The maximum atomic E-state index is 12.7. The maximum absolute atomic E-state index is 12.7. The van der Waals surface area contributed by atoms with E-state index in [2.05, 4.69) is 4.98 Å². The smallest absolute Gasteiger partial charge is 0.256 e. The number of H-pyrrole nitrogens is 1. The van der Waals surface area contributed by atoms with Crippen molar-refractivity contribution in [3.05, 3.63) is 65.9 Å². The minimum atomic E-state index is 0.0105. The summed E-state index contributed by atoms with van der Waals surface area (Å²) in [5.74, 6) is 0.859. The van der Waals surface area contributed by atoms with E-state index < -0.39 is 0 Å². The van der Waals surface area contributed by atoms with Gasteiger partial charge in [-0.1, -0.05) is 30.3 Å². The van der Waals surface area contributed by atoms with E-state index in [0.717, 1.165) is 22.2 Å². The molecule has 0 saturated carbocycles. The number of carbonyl (C=O) groups is 1.